The average Bonchev–Trinajstić information content (AvgIpc) is 3.40. The normalized spacial score (nSPS) is 11.3. The first-order chi connectivity index (χ1) is 36.2. The zero-order valence-corrected chi connectivity index (χ0v) is 46.0. The fourth-order valence-corrected chi connectivity index (χ4v) is 9.24. The Kier molecular flexibility index (Phi) is 27.1. The summed E-state index contributed by atoms with van der Waals surface area (Å²) in [5.74, 6) is -0.736. The number of carbonyl (C=O) groups excluding carboxylic acids is 3. The number of hydrogen-bond acceptors (Lipinski definition) is 12. The first-order valence-corrected chi connectivity index (χ1v) is 28.1. The van der Waals surface area contributed by atoms with E-state index in [1.54, 1.807) is 0 Å². The van der Waals surface area contributed by atoms with Gasteiger partial charge in [-0.2, -0.15) is 0 Å². The Morgan fingerprint density at radius 3 is 0.747 bits per heavy atom. The molecule has 414 valence electrons. The summed E-state index contributed by atoms with van der Waals surface area (Å²) in [6, 6.07) is 11.6. The molecule has 0 fully saturated rings. The second-order valence-corrected chi connectivity index (χ2v) is 19.9. The van der Waals surface area contributed by atoms with Crippen molar-refractivity contribution in [2.24, 2.45) is 0 Å². The monoisotopic (exact) mass is 1040 g/mol. The Hall–Kier alpha value is -6.12. The van der Waals surface area contributed by atoms with Gasteiger partial charge in [0.25, 0.3) is 0 Å². The van der Waals surface area contributed by atoms with E-state index < -0.39 is 35.0 Å². The Balaban J connectivity index is 1.49. The lowest BCUT2D eigenvalue weighted by Crippen LogP contribution is -2.55. The predicted molar refractivity (Wildman–Crippen MR) is 293 cm³/mol. The summed E-state index contributed by atoms with van der Waals surface area (Å²) >= 11 is 0. The largest absolute Gasteiger partial charge is 0.507 e. The highest BCUT2D eigenvalue weighted by Gasteiger charge is 2.20. The highest BCUT2D eigenvalue weighted by atomic mass is 16.5. The molecule has 3 N–H and O–H groups in total. The SMILES string of the molecule is CCCCc1cc(CCC(=O)OCCn2c(=O)n(CCOC(=O)CCc3cc(CCCC)c(O)c(CCCC)c3)c(=O)n(CCOC(=O)CCc3cc(CCCC)c(O)c(CCCC)c3)c2=O)cc(CCCC)c1O. The van der Waals surface area contributed by atoms with Crippen molar-refractivity contribution in [1.82, 2.24) is 13.7 Å². The molecule has 0 aliphatic heterocycles. The van der Waals surface area contributed by atoms with Crippen LogP contribution in [-0.4, -0.2) is 66.7 Å². The van der Waals surface area contributed by atoms with Gasteiger partial charge in [-0.3, -0.25) is 14.4 Å². The maximum Gasteiger partial charge on any atom is 0.336 e. The third kappa shape index (κ3) is 19.5. The standard InChI is InChI=1S/C60H87N3O12/c1-7-13-19-46-37-43(38-47(55(46)67)20-14-8-2)25-28-52(64)73-34-31-61-58(70)62(32-35-74-53(65)29-26-44-39-48(21-15-9-3)56(68)49(40-44)22-16-10-4)60(72)63(59(61)71)33-36-75-54(66)30-27-45-41-50(23-17-11-5)57(69)51(42-45)24-18-12-6/h37-42,67-69H,7-36H2,1-6H3. The fourth-order valence-electron chi connectivity index (χ4n) is 9.24. The van der Waals surface area contributed by atoms with E-state index in [4.69, 9.17) is 14.2 Å². The van der Waals surface area contributed by atoms with E-state index in [2.05, 4.69) is 41.5 Å². The summed E-state index contributed by atoms with van der Waals surface area (Å²) < 4.78 is 18.9. The number of aryl methyl sites for hydroxylation is 9. The van der Waals surface area contributed by atoms with Gasteiger partial charge in [0, 0.05) is 19.3 Å². The molecule has 0 saturated heterocycles. The van der Waals surface area contributed by atoms with Crippen molar-refractivity contribution in [1.29, 1.82) is 0 Å². The summed E-state index contributed by atoms with van der Waals surface area (Å²) in [6.45, 7) is 10.3. The lowest BCUT2D eigenvalue weighted by Gasteiger charge is -2.15. The van der Waals surface area contributed by atoms with Crippen LogP contribution in [0, 0.1) is 0 Å². The molecule has 75 heavy (non-hydrogen) atoms. The Morgan fingerprint density at radius 1 is 0.360 bits per heavy atom. The average molecular weight is 1040 g/mol. The zero-order chi connectivity index (χ0) is 54.7. The number of unbranched alkanes of at least 4 members (excludes halogenated alkanes) is 6. The molecule has 4 aromatic rings. The van der Waals surface area contributed by atoms with E-state index in [9.17, 15) is 44.1 Å². The molecule has 1 heterocycles. The van der Waals surface area contributed by atoms with Crippen LogP contribution in [0.15, 0.2) is 50.8 Å². The van der Waals surface area contributed by atoms with Crippen molar-refractivity contribution >= 4 is 17.9 Å². The smallest absolute Gasteiger partial charge is 0.336 e. The van der Waals surface area contributed by atoms with Crippen molar-refractivity contribution in [3.63, 3.8) is 0 Å². The van der Waals surface area contributed by atoms with Crippen molar-refractivity contribution in [2.45, 2.75) is 215 Å². The molecule has 4 rings (SSSR count). The number of hydrogen-bond donors (Lipinski definition) is 3. The van der Waals surface area contributed by atoms with Gasteiger partial charge >= 0.3 is 35.0 Å². The van der Waals surface area contributed by atoms with Crippen molar-refractivity contribution in [3.8, 4) is 17.2 Å². The quantitative estimate of drug-likeness (QED) is 0.0288. The summed E-state index contributed by atoms with van der Waals surface area (Å²) in [4.78, 5) is 81.0. The van der Waals surface area contributed by atoms with Gasteiger partial charge in [-0.05, 0) is 146 Å². The van der Waals surface area contributed by atoms with Crippen LogP contribution in [-0.2, 0) is 106 Å². The first kappa shape index (κ1) is 61.4. The second-order valence-electron chi connectivity index (χ2n) is 19.9. The van der Waals surface area contributed by atoms with Crippen molar-refractivity contribution < 1.29 is 43.9 Å². The summed E-state index contributed by atoms with van der Waals surface area (Å²) in [5.41, 5.74) is 4.87. The minimum atomic E-state index is -0.984. The molecular weight excluding hydrogens is 955 g/mol. The number of rotatable bonds is 36. The third-order valence-electron chi connectivity index (χ3n) is 13.8. The highest BCUT2D eigenvalue weighted by Crippen LogP contribution is 2.31. The van der Waals surface area contributed by atoms with Gasteiger partial charge in [0.15, 0.2) is 0 Å². The number of nitrogens with zero attached hydrogens (tertiary/aromatic N) is 3. The van der Waals surface area contributed by atoms with Crippen molar-refractivity contribution in [2.75, 3.05) is 19.8 Å². The number of ether oxygens (including phenoxy) is 3. The van der Waals surface area contributed by atoms with Crippen LogP contribution in [0.3, 0.4) is 0 Å². The van der Waals surface area contributed by atoms with Crippen LogP contribution in [0.4, 0.5) is 0 Å². The maximum absolute atomic E-state index is 13.9. The van der Waals surface area contributed by atoms with Crippen LogP contribution in [0.1, 0.15) is 188 Å². The topological polar surface area (TPSA) is 206 Å². The molecular formula is C60H87N3O12. The van der Waals surface area contributed by atoms with Crippen LogP contribution >= 0.6 is 0 Å². The first-order valence-electron chi connectivity index (χ1n) is 28.1. The minimum absolute atomic E-state index is 0.0140. The number of esters is 3. The predicted octanol–water partition coefficient (Wildman–Crippen LogP) is 9.87. The zero-order valence-electron chi connectivity index (χ0n) is 46.0. The van der Waals surface area contributed by atoms with E-state index in [-0.39, 0.29) is 58.7 Å². The molecule has 0 spiro atoms. The lowest BCUT2D eigenvalue weighted by molar-refractivity contribution is -0.144. The van der Waals surface area contributed by atoms with E-state index in [0.29, 0.717) is 36.5 Å². The maximum atomic E-state index is 13.9. The number of aromatic hydroxyl groups is 3. The number of carbonyl (C=O) groups is 3. The number of phenols is 3. The van der Waals surface area contributed by atoms with E-state index in [0.717, 1.165) is 179 Å². The lowest BCUT2D eigenvalue weighted by atomic mass is 9.95. The van der Waals surface area contributed by atoms with E-state index in [1.165, 1.54) is 0 Å². The molecule has 0 radical (unpaired) electrons. The molecule has 0 aliphatic rings. The molecule has 0 saturated carbocycles. The van der Waals surface area contributed by atoms with Gasteiger partial charge in [-0.25, -0.2) is 28.1 Å². The van der Waals surface area contributed by atoms with Crippen LogP contribution < -0.4 is 17.1 Å². The number of benzene rings is 3. The summed E-state index contributed by atoms with van der Waals surface area (Å²) in [5, 5.41) is 32.8. The summed E-state index contributed by atoms with van der Waals surface area (Å²) in [6.07, 6.45) is 16.8. The minimum Gasteiger partial charge on any atom is -0.507 e. The van der Waals surface area contributed by atoms with E-state index >= 15 is 0 Å². The van der Waals surface area contributed by atoms with Gasteiger partial charge in [0.1, 0.15) is 37.1 Å². The molecule has 15 heteroatoms. The summed E-state index contributed by atoms with van der Waals surface area (Å²) in [7, 11) is 0. The van der Waals surface area contributed by atoms with Gasteiger partial charge in [0.05, 0.1) is 19.6 Å². The van der Waals surface area contributed by atoms with Crippen LogP contribution in [0.25, 0.3) is 0 Å². The third-order valence-corrected chi connectivity index (χ3v) is 13.8. The number of phenolic OH excluding ortho intramolecular Hbond substituents is 3. The molecule has 3 aromatic carbocycles. The Labute approximate surface area is 444 Å². The molecule has 1 aromatic heterocycles. The molecule has 0 bridgehead atoms. The second kappa shape index (κ2) is 33.0. The van der Waals surface area contributed by atoms with Gasteiger partial charge in [-0.15, -0.1) is 0 Å². The molecule has 0 unspecified atom stereocenters. The molecule has 0 aliphatic carbocycles. The van der Waals surface area contributed by atoms with Crippen LogP contribution in [0.5, 0.6) is 17.2 Å². The van der Waals surface area contributed by atoms with Crippen LogP contribution in [0.2, 0.25) is 0 Å². The van der Waals surface area contributed by atoms with Crippen molar-refractivity contribution in [3.05, 3.63) is 118 Å². The Morgan fingerprint density at radius 2 is 0.560 bits per heavy atom. The molecule has 15 nitrogen and oxygen atoms in total. The fraction of sp³-hybridized carbons (Fsp3) is 0.600. The van der Waals surface area contributed by atoms with Gasteiger partial charge in [-0.1, -0.05) is 116 Å². The molecule has 0 atom stereocenters. The molecule has 0 amide bonds. The Bertz CT molecular complexity index is 2240. The van der Waals surface area contributed by atoms with Gasteiger partial charge < -0.3 is 29.5 Å². The number of aromatic nitrogens is 3. The van der Waals surface area contributed by atoms with Gasteiger partial charge in [0.2, 0.25) is 0 Å². The van der Waals surface area contributed by atoms with E-state index in [1.807, 2.05) is 36.4 Å². The highest BCUT2D eigenvalue weighted by molar-refractivity contribution is 5.70.